The second-order valence-electron chi connectivity index (χ2n) is 6.21. The van der Waals surface area contributed by atoms with Crippen LogP contribution >= 0.6 is 0 Å². The Kier molecular flexibility index (Phi) is 3.86. The SMILES string of the molecule is [11CH3]N1CCC(n2cnc3c(NCc4ccccc4)nc(F)nc32)C1. The molecule has 124 valence electrons. The first kappa shape index (κ1) is 15.0. The third kappa shape index (κ3) is 2.82. The molecule has 0 aliphatic carbocycles. The topological polar surface area (TPSA) is 58.9 Å². The van der Waals surface area contributed by atoms with Crippen molar-refractivity contribution < 1.29 is 4.39 Å². The van der Waals surface area contributed by atoms with Gasteiger partial charge >= 0.3 is 6.08 Å². The highest BCUT2D eigenvalue weighted by Crippen LogP contribution is 2.26. The van der Waals surface area contributed by atoms with Gasteiger partial charge in [-0.1, -0.05) is 30.3 Å². The Hall–Kier alpha value is -2.54. The van der Waals surface area contributed by atoms with Gasteiger partial charge in [-0.05, 0) is 25.6 Å². The Bertz CT molecular complexity index is 847. The molecular formula is C17H19FN6. The molecule has 0 bridgehead atoms. The molecule has 0 saturated carbocycles. The number of halogens is 1. The molecule has 1 aliphatic heterocycles. The number of nitrogens with zero attached hydrogens (tertiary/aromatic N) is 5. The van der Waals surface area contributed by atoms with E-state index in [0.717, 1.165) is 25.1 Å². The van der Waals surface area contributed by atoms with E-state index in [2.05, 4.69) is 32.2 Å². The summed E-state index contributed by atoms with van der Waals surface area (Å²) in [7, 11) is 2.08. The molecule has 1 atom stereocenters. The molecule has 6 nitrogen and oxygen atoms in total. The minimum Gasteiger partial charge on any atom is -0.364 e. The van der Waals surface area contributed by atoms with Crippen molar-refractivity contribution in [3.63, 3.8) is 0 Å². The van der Waals surface area contributed by atoms with Crippen molar-refractivity contribution in [2.24, 2.45) is 0 Å². The summed E-state index contributed by atoms with van der Waals surface area (Å²) in [4.78, 5) is 14.6. The molecule has 1 unspecified atom stereocenters. The van der Waals surface area contributed by atoms with Gasteiger partial charge < -0.3 is 14.8 Å². The van der Waals surface area contributed by atoms with Gasteiger partial charge in [0.05, 0.1) is 12.4 Å². The first-order valence-corrected chi connectivity index (χ1v) is 8.07. The van der Waals surface area contributed by atoms with Crippen molar-refractivity contribution in [3.8, 4) is 0 Å². The molecular weight excluding hydrogens is 306 g/mol. The van der Waals surface area contributed by atoms with Crippen molar-refractivity contribution in [2.75, 3.05) is 25.5 Å². The lowest BCUT2D eigenvalue weighted by atomic mass is 10.2. The monoisotopic (exact) mass is 325 g/mol. The molecule has 4 rings (SSSR count). The molecule has 0 spiro atoms. The number of hydrogen-bond donors (Lipinski definition) is 1. The number of hydrogen-bond acceptors (Lipinski definition) is 5. The predicted octanol–water partition coefficient (Wildman–Crippen LogP) is 2.45. The normalized spacial score (nSPS) is 18.3. The van der Waals surface area contributed by atoms with Crippen LogP contribution in [0.5, 0.6) is 0 Å². The summed E-state index contributed by atoms with van der Waals surface area (Å²) in [5, 5.41) is 3.18. The maximum atomic E-state index is 13.9. The summed E-state index contributed by atoms with van der Waals surface area (Å²) < 4.78 is 15.9. The minimum absolute atomic E-state index is 0.274. The fourth-order valence-corrected chi connectivity index (χ4v) is 3.20. The van der Waals surface area contributed by atoms with Gasteiger partial charge in [0.2, 0.25) is 0 Å². The predicted molar refractivity (Wildman–Crippen MR) is 90.2 cm³/mol. The van der Waals surface area contributed by atoms with Gasteiger partial charge in [0.15, 0.2) is 17.0 Å². The molecule has 1 N–H and O–H groups in total. The number of benzene rings is 1. The van der Waals surface area contributed by atoms with E-state index in [1.807, 2.05) is 34.9 Å². The summed E-state index contributed by atoms with van der Waals surface area (Å²) in [6, 6.07) is 10.2. The van der Waals surface area contributed by atoms with Gasteiger partial charge in [0.25, 0.3) is 0 Å². The quantitative estimate of drug-likeness (QED) is 0.747. The highest BCUT2D eigenvalue weighted by molar-refractivity contribution is 5.82. The molecule has 1 saturated heterocycles. The van der Waals surface area contributed by atoms with Crippen molar-refractivity contribution in [1.29, 1.82) is 0 Å². The average molecular weight is 325 g/mol. The molecule has 1 fully saturated rings. The van der Waals surface area contributed by atoms with Gasteiger partial charge in [-0.2, -0.15) is 14.4 Å². The van der Waals surface area contributed by atoms with Crippen molar-refractivity contribution in [2.45, 2.75) is 19.0 Å². The number of rotatable bonds is 4. The zero-order valence-corrected chi connectivity index (χ0v) is 13.5. The summed E-state index contributed by atoms with van der Waals surface area (Å²) in [5.41, 5.74) is 2.27. The van der Waals surface area contributed by atoms with Crippen LogP contribution in [0.1, 0.15) is 18.0 Å². The Labute approximate surface area is 139 Å². The largest absolute Gasteiger partial charge is 0.364 e. The third-order valence-corrected chi connectivity index (χ3v) is 4.46. The lowest BCUT2D eigenvalue weighted by molar-refractivity contribution is 0.394. The number of fused-ring (bicyclic) bond motifs is 1. The second-order valence-corrected chi connectivity index (χ2v) is 6.21. The molecule has 1 aliphatic rings. The first-order chi connectivity index (χ1) is 11.7. The highest BCUT2D eigenvalue weighted by Gasteiger charge is 2.24. The lowest BCUT2D eigenvalue weighted by Crippen LogP contribution is -2.16. The van der Waals surface area contributed by atoms with Gasteiger partial charge in [0, 0.05) is 13.1 Å². The Morgan fingerprint density at radius 1 is 1.25 bits per heavy atom. The zero-order chi connectivity index (χ0) is 16.5. The number of nitrogens with one attached hydrogen (secondary N) is 1. The Balaban J connectivity index is 1.65. The highest BCUT2D eigenvalue weighted by atomic mass is 19.1. The van der Waals surface area contributed by atoms with E-state index >= 15 is 0 Å². The van der Waals surface area contributed by atoms with Crippen LogP contribution in [0.3, 0.4) is 0 Å². The van der Waals surface area contributed by atoms with Crippen LogP contribution in [0.4, 0.5) is 10.2 Å². The summed E-state index contributed by atoms with van der Waals surface area (Å²) in [6.45, 7) is 2.51. The van der Waals surface area contributed by atoms with Crippen molar-refractivity contribution in [3.05, 3.63) is 48.3 Å². The van der Waals surface area contributed by atoms with E-state index < -0.39 is 6.08 Å². The van der Waals surface area contributed by atoms with Crippen LogP contribution in [0, 0.1) is 6.08 Å². The van der Waals surface area contributed by atoms with Crippen LogP contribution in [0.25, 0.3) is 11.2 Å². The standard InChI is InChI=1S/C17H19FN6/c1-23-8-7-13(10-23)24-11-20-14-15(21-17(18)22-16(14)24)19-9-12-5-3-2-4-6-12/h2-6,11,13H,7-10H2,1H3,(H,19,21,22)/i1-1. The van der Waals surface area contributed by atoms with Crippen LogP contribution in [-0.2, 0) is 6.54 Å². The Morgan fingerprint density at radius 2 is 2.08 bits per heavy atom. The van der Waals surface area contributed by atoms with E-state index in [9.17, 15) is 4.39 Å². The van der Waals surface area contributed by atoms with Gasteiger partial charge in [-0.25, -0.2) is 4.98 Å². The summed E-state index contributed by atoms with van der Waals surface area (Å²) >= 11 is 0. The van der Waals surface area contributed by atoms with E-state index in [4.69, 9.17) is 0 Å². The first-order valence-electron chi connectivity index (χ1n) is 8.07. The van der Waals surface area contributed by atoms with Crippen molar-refractivity contribution >= 4 is 17.0 Å². The molecule has 1 aromatic carbocycles. The van der Waals surface area contributed by atoms with Gasteiger partial charge in [0.1, 0.15) is 0 Å². The number of imidazole rings is 1. The lowest BCUT2D eigenvalue weighted by Gasteiger charge is -2.13. The Morgan fingerprint density at radius 3 is 2.83 bits per heavy atom. The molecule has 0 radical (unpaired) electrons. The van der Waals surface area contributed by atoms with Crippen LogP contribution in [0.2, 0.25) is 0 Å². The van der Waals surface area contributed by atoms with E-state index in [-0.39, 0.29) is 6.04 Å². The zero-order valence-electron chi connectivity index (χ0n) is 13.5. The minimum atomic E-state index is -0.730. The smallest absolute Gasteiger partial charge is 0.312 e. The summed E-state index contributed by atoms with van der Waals surface area (Å²) in [6.07, 6.45) is 2.03. The van der Waals surface area contributed by atoms with Crippen LogP contribution in [-0.4, -0.2) is 44.6 Å². The number of anilines is 1. The molecule has 3 aromatic rings. The summed E-state index contributed by atoms with van der Waals surface area (Å²) in [5.74, 6) is 0.437. The van der Waals surface area contributed by atoms with E-state index in [1.165, 1.54) is 0 Å². The van der Waals surface area contributed by atoms with Crippen LogP contribution in [0.15, 0.2) is 36.7 Å². The number of likely N-dealkylation sites (N-methyl/N-ethyl adjacent to an activating group) is 1. The van der Waals surface area contributed by atoms with E-state index in [1.54, 1.807) is 6.33 Å². The van der Waals surface area contributed by atoms with Gasteiger partial charge in [-0.15, -0.1) is 0 Å². The molecule has 7 heteroatoms. The van der Waals surface area contributed by atoms with Gasteiger partial charge in [-0.3, -0.25) is 0 Å². The molecule has 2 aromatic heterocycles. The maximum absolute atomic E-state index is 13.9. The molecule has 3 heterocycles. The fourth-order valence-electron chi connectivity index (χ4n) is 3.20. The molecule has 24 heavy (non-hydrogen) atoms. The van der Waals surface area contributed by atoms with Crippen molar-refractivity contribution in [1.82, 2.24) is 24.4 Å². The number of likely N-dealkylation sites (tertiary alicyclic amines) is 1. The van der Waals surface area contributed by atoms with Crippen LogP contribution < -0.4 is 5.32 Å². The maximum Gasteiger partial charge on any atom is 0.312 e. The fraction of sp³-hybridized carbons (Fsp3) is 0.353. The second kappa shape index (κ2) is 6.16. The number of aromatic nitrogens is 4. The molecule has 0 amide bonds. The average Bonchev–Trinajstić information content (AvgIpc) is 3.19. The third-order valence-electron chi connectivity index (χ3n) is 4.46. The van der Waals surface area contributed by atoms with E-state index in [0.29, 0.717) is 23.5 Å².